The van der Waals surface area contributed by atoms with Gasteiger partial charge in [-0.3, -0.25) is 4.79 Å². The molecule has 0 spiro atoms. The van der Waals surface area contributed by atoms with Crippen molar-refractivity contribution in [3.05, 3.63) is 58.5 Å². The van der Waals surface area contributed by atoms with E-state index in [-0.39, 0.29) is 17.9 Å². The number of hydrogen-bond acceptors (Lipinski definition) is 4. The molecule has 2 aromatic rings. The van der Waals surface area contributed by atoms with Gasteiger partial charge in [0.25, 0.3) is 5.91 Å². The number of carbonyl (C=O) groups excluding carboxylic acids is 2. The van der Waals surface area contributed by atoms with Crippen molar-refractivity contribution in [1.29, 1.82) is 0 Å². The number of nitrogens with one attached hydrogen (secondary N) is 1. The van der Waals surface area contributed by atoms with Crippen molar-refractivity contribution in [2.24, 2.45) is 0 Å². The predicted octanol–water partition coefficient (Wildman–Crippen LogP) is 3.71. The van der Waals surface area contributed by atoms with Crippen LogP contribution in [0.5, 0.6) is 0 Å². The fourth-order valence-electron chi connectivity index (χ4n) is 1.96. The number of carbonyl (C=O) groups is 2. The van der Waals surface area contributed by atoms with E-state index in [0.29, 0.717) is 0 Å². The predicted molar refractivity (Wildman–Crippen MR) is 84.6 cm³/mol. The van der Waals surface area contributed by atoms with Crippen LogP contribution >= 0.6 is 15.9 Å². The first-order valence-electron chi connectivity index (χ1n) is 7.01. The van der Waals surface area contributed by atoms with Gasteiger partial charge in [-0.25, -0.2) is 4.79 Å². The fourth-order valence-corrected chi connectivity index (χ4v) is 2.22. The molecule has 0 saturated carbocycles. The lowest BCUT2D eigenvalue weighted by Crippen LogP contribution is -2.46. The molecule has 1 amide bonds. The van der Waals surface area contributed by atoms with E-state index in [2.05, 4.69) is 26.0 Å². The minimum absolute atomic E-state index is 0.161. The quantitative estimate of drug-likeness (QED) is 0.749. The molecule has 0 aliphatic carbocycles. The van der Waals surface area contributed by atoms with Crippen molar-refractivity contribution >= 4 is 27.8 Å². The second-order valence-electron chi connectivity index (χ2n) is 4.77. The highest BCUT2D eigenvalue weighted by Crippen LogP contribution is 2.33. The van der Waals surface area contributed by atoms with Gasteiger partial charge in [-0.05, 0) is 43.3 Å². The van der Waals surface area contributed by atoms with E-state index in [1.54, 1.807) is 12.1 Å². The summed E-state index contributed by atoms with van der Waals surface area (Å²) in [6.07, 6.45) is 1.18. The number of hydrogen-bond donors (Lipinski definition) is 1. The minimum atomic E-state index is -3.99. The van der Waals surface area contributed by atoms with Gasteiger partial charge in [0, 0.05) is 10.0 Å². The van der Waals surface area contributed by atoms with Gasteiger partial charge in [0.2, 0.25) is 0 Å². The van der Waals surface area contributed by atoms with Gasteiger partial charge in [-0.1, -0.05) is 15.9 Å². The first-order chi connectivity index (χ1) is 11.4. The maximum atomic E-state index is 14.4. The summed E-state index contributed by atoms with van der Waals surface area (Å²) in [7, 11) is 0. The molecule has 1 aromatic heterocycles. The average Bonchev–Trinajstić information content (AvgIpc) is 3.07. The van der Waals surface area contributed by atoms with Crippen LogP contribution in [0.1, 0.15) is 29.1 Å². The highest BCUT2D eigenvalue weighted by molar-refractivity contribution is 9.10. The molecule has 1 heterocycles. The van der Waals surface area contributed by atoms with Crippen LogP contribution in [0.2, 0.25) is 0 Å². The van der Waals surface area contributed by atoms with Crippen molar-refractivity contribution in [1.82, 2.24) is 5.32 Å². The largest absolute Gasteiger partial charge is 0.467 e. The maximum Gasteiger partial charge on any atom is 0.379 e. The Labute approximate surface area is 145 Å². The number of benzene rings is 1. The van der Waals surface area contributed by atoms with E-state index < -0.39 is 23.8 Å². The Bertz CT molecular complexity index is 701. The number of esters is 1. The Morgan fingerprint density at radius 2 is 1.96 bits per heavy atom. The van der Waals surface area contributed by atoms with Crippen molar-refractivity contribution in [2.45, 2.75) is 18.9 Å². The summed E-state index contributed by atoms with van der Waals surface area (Å²) in [5, 5.41) is 2.14. The van der Waals surface area contributed by atoms with Gasteiger partial charge in [0.15, 0.2) is 6.04 Å². The SMILES string of the molecule is CCOC(=O)C(F)(F)[C@@H](NC(=O)c1ccc(Br)cc1)c1ccco1. The van der Waals surface area contributed by atoms with Crippen LogP contribution in [0.3, 0.4) is 0 Å². The lowest BCUT2D eigenvalue weighted by Gasteiger charge is -2.24. The molecule has 1 N–H and O–H groups in total. The van der Waals surface area contributed by atoms with Crippen LogP contribution in [-0.2, 0) is 9.53 Å². The molecule has 1 aromatic carbocycles. The van der Waals surface area contributed by atoms with Crippen molar-refractivity contribution in [3.63, 3.8) is 0 Å². The lowest BCUT2D eigenvalue weighted by molar-refractivity contribution is -0.176. The molecule has 8 heteroatoms. The summed E-state index contributed by atoms with van der Waals surface area (Å²) in [6, 6.07) is 6.76. The first-order valence-corrected chi connectivity index (χ1v) is 7.80. The van der Waals surface area contributed by atoms with Crippen LogP contribution in [0.25, 0.3) is 0 Å². The van der Waals surface area contributed by atoms with Gasteiger partial charge in [0.05, 0.1) is 12.9 Å². The molecule has 5 nitrogen and oxygen atoms in total. The summed E-state index contributed by atoms with van der Waals surface area (Å²) >= 11 is 3.22. The molecule has 1 atom stereocenters. The van der Waals surface area contributed by atoms with Crippen LogP contribution < -0.4 is 5.32 Å². The van der Waals surface area contributed by atoms with E-state index in [0.717, 1.165) is 4.47 Å². The third kappa shape index (κ3) is 4.00. The Morgan fingerprint density at radius 1 is 1.29 bits per heavy atom. The topological polar surface area (TPSA) is 68.5 Å². The summed E-state index contributed by atoms with van der Waals surface area (Å²) in [6.45, 7) is 1.20. The monoisotopic (exact) mass is 401 g/mol. The molecule has 0 bridgehead atoms. The molecule has 2 rings (SSSR count). The molecule has 128 valence electrons. The normalized spacial score (nSPS) is 12.5. The van der Waals surface area contributed by atoms with Gasteiger partial charge >= 0.3 is 11.9 Å². The number of alkyl halides is 2. The standard InChI is InChI=1S/C16H14BrF2NO4/c1-2-23-15(22)16(18,19)13(12-4-3-9-24-12)20-14(21)10-5-7-11(17)8-6-10/h3-9,13H,2H2,1H3,(H,20,21)/t13-/m0/s1. The van der Waals surface area contributed by atoms with Crippen LogP contribution in [0.4, 0.5) is 8.78 Å². The van der Waals surface area contributed by atoms with Gasteiger partial charge in [-0.2, -0.15) is 8.78 Å². The molecule has 0 fully saturated rings. The van der Waals surface area contributed by atoms with E-state index in [1.807, 2.05) is 0 Å². The van der Waals surface area contributed by atoms with E-state index in [4.69, 9.17) is 4.42 Å². The van der Waals surface area contributed by atoms with Crippen molar-refractivity contribution in [2.75, 3.05) is 6.61 Å². The first kappa shape index (κ1) is 18.1. The molecule has 0 radical (unpaired) electrons. The molecular weight excluding hydrogens is 388 g/mol. The summed E-state index contributed by atoms with van der Waals surface area (Å²) in [5.74, 6) is -6.74. The average molecular weight is 402 g/mol. The number of amides is 1. The Kier molecular flexibility index (Phi) is 5.71. The molecule has 0 aliphatic heterocycles. The molecular formula is C16H14BrF2NO4. The Balaban J connectivity index is 2.29. The summed E-state index contributed by atoms with van der Waals surface area (Å²) in [4.78, 5) is 23.8. The number of furan rings is 1. The molecule has 0 aliphatic rings. The third-order valence-corrected chi connectivity index (χ3v) is 3.65. The lowest BCUT2D eigenvalue weighted by atomic mass is 10.1. The van der Waals surface area contributed by atoms with Gasteiger partial charge in [-0.15, -0.1) is 0 Å². The second kappa shape index (κ2) is 7.57. The maximum absolute atomic E-state index is 14.4. The van der Waals surface area contributed by atoms with E-state index in [1.165, 1.54) is 37.5 Å². The zero-order chi connectivity index (χ0) is 17.7. The molecule has 24 heavy (non-hydrogen) atoms. The van der Waals surface area contributed by atoms with Crippen LogP contribution in [-0.4, -0.2) is 24.4 Å². The van der Waals surface area contributed by atoms with Crippen LogP contribution in [0.15, 0.2) is 51.6 Å². The Morgan fingerprint density at radius 3 is 2.50 bits per heavy atom. The highest BCUT2D eigenvalue weighted by atomic mass is 79.9. The zero-order valence-corrected chi connectivity index (χ0v) is 14.2. The third-order valence-electron chi connectivity index (χ3n) is 3.12. The summed E-state index contributed by atoms with van der Waals surface area (Å²) in [5.41, 5.74) is 0.161. The van der Waals surface area contributed by atoms with Crippen LogP contribution in [0, 0.1) is 0 Å². The minimum Gasteiger partial charge on any atom is -0.467 e. The second-order valence-corrected chi connectivity index (χ2v) is 5.69. The van der Waals surface area contributed by atoms with E-state index >= 15 is 0 Å². The van der Waals surface area contributed by atoms with Gasteiger partial charge < -0.3 is 14.5 Å². The van der Waals surface area contributed by atoms with E-state index in [9.17, 15) is 18.4 Å². The molecule has 0 saturated heterocycles. The number of halogens is 3. The van der Waals surface area contributed by atoms with Crippen molar-refractivity contribution < 1.29 is 27.5 Å². The Hall–Kier alpha value is -2.22. The zero-order valence-electron chi connectivity index (χ0n) is 12.6. The smallest absolute Gasteiger partial charge is 0.379 e. The summed E-state index contributed by atoms with van der Waals surface area (Å²) < 4.78 is 38.9. The number of rotatable bonds is 6. The number of ether oxygens (including phenoxy) is 1. The van der Waals surface area contributed by atoms with Gasteiger partial charge in [0.1, 0.15) is 5.76 Å². The highest BCUT2D eigenvalue weighted by Gasteiger charge is 2.52. The van der Waals surface area contributed by atoms with Crippen molar-refractivity contribution in [3.8, 4) is 0 Å². The fraction of sp³-hybridized carbons (Fsp3) is 0.250. The molecule has 0 unspecified atom stereocenters.